The maximum absolute atomic E-state index is 12.8. The first-order valence-corrected chi connectivity index (χ1v) is 8.84. The van der Waals surface area contributed by atoms with Crippen LogP contribution in [0.15, 0.2) is 30.7 Å². The number of hydrogen-bond acceptors (Lipinski definition) is 5. The molecule has 0 spiro atoms. The summed E-state index contributed by atoms with van der Waals surface area (Å²) in [5, 5.41) is 5.53. The predicted molar refractivity (Wildman–Crippen MR) is 97.8 cm³/mol. The maximum atomic E-state index is 12.8. The van der Waals surface area contributed by atoms with Gasteiger partial charge in [-0.2, -0.15) is 5.10 Å². The number of rotatable bonds is 2. The number of fused-ring (bicyclic) bond motifs is 1. The van der Waals surface area contributed by atoms with Crippen molar-refractivity contribution in [3.8, 4) is 0 Å². The van der Waals surface area contributed by atoms with E-state index in [0.717, 1.165) is 41.8 Å². The van der Waals surface area contributed by atoms with E-state index in [1.807, 2.05) is 23.6 Å². The van der Waals surface area contributed by atoms with Crippen LogP contribution in [-0.2, 0) is 12.5 Å². The van der Waals surface area contributed by atoms with E-state index in [2.05, 4.69) is 34.1 Å². The molecule has 0 radical (unpaired) electrons. The van der Waals surface area contributed by atoms with Gasteiger partial charge in [-0.1, -0.05) is 6.92 Å². The van der Waals surface area contributed by atoms with Gasteiger partial charge in [-0.15, -0.1) is 0 Å². The SMILES string of the molecule is Cc1nn(C)c2nc([C@@]3(C)CCCN(C(=O)c4cnccn4)C3)ccc12. The van der Waals surface area contributed by atoms with Crippen LogP contribution in [0.5, 0.6) is 0 Å². The minimum absolute atomic E-state index is 0.0681. The van der Waals surface area contributed by atoms with Gasteiger partial charge in [-0.25, -0.2) is 9.97 Å². The zero-order chi connectivity index (χ0) is 18.3. The maximum Gasteiger partial charge on any atom is 0.274 e. The monoisotopic (exact) mass is 350 g/mol. The summed E-state index contributed by atoms with van der Waals surface area (Å²) in [4.78, 5) is 27.7. The Kier molecular flexibility index (Phi) is 3.94. The normalized spacial score (nSPS) is 20.5. The molecule has 4 rings (SSSR count). The smallest absolute Gasteiger partial charge is 0.274 e. The number of piperidine rings is 1. The lowest BCUT2D eigenvalue weighted by Gasteiger charge is -2.40. The van der Waals surface area contributed by atoms with Gasteiger partial charge < -0.3 is 4.90 Å². The number of amides is 1. The Balaban J connectivity index is 1.65. The fraction of sp³-hybridized carbons (Fsp3) is 0.421. The van der Waals surface area contributed by atoms with E-state index in [9.17, 15) is 4.79 Å². The fourth-order valence-corrected chi connectivity index (χ4v) is 3.83. The molecule has 0 saturated carbocycles. The van der Waals surface area contributed by atoms with Gasteiger partial charge in [0.25, 0.3) is 5.91 Å². The van der Waals surface area contributed by atoms with E-state index >= 15 is 0 Å². The summed E-state index contributed by atoms with van der Waals surface area (Å²) in [5.41, 5.74) is 3.07. The molecule has 26 heavy (non-hydrogen) atoms. The summed E-state index contributed by atoms with van der Waals surface area (Å²) >= 11 is 0. The number of pyridine rings is 1. The molecule has 0 unspecified atom stereocenters. The molecule has 0 aliphatic carbocycles. The number of hydrogen-bond donors (Lipinski definition) is 0. The molecule has 0 aromatic carbocycles. The van der Waals surface area contributed by atoms with Crippen LogP contribution in [0.2, 0.25) is 0 Å². The van der Waals surface area contributed by atoms with Crippen LogP contribution < -0.4 is 0 Å². The molecule has 1 amide bonds. The zero-order valence-electron chi connectivity index (χ0n) is 15.3. The van der Waals surface area contributed by atoms with Gasteiger partial charge >= 0.3 is 0 Å². The van der Waals surface area contributed by atoms with Crippen LogP contribution in [0.25, 0.3) is 11.0 Å². The summed E-state index contributed by atoms with van der Waals surface area (Å²) in [5.74, 6) is -0.0681. The average Bonchev–Trinajstić information content (AvgIpc) is 2.95. The number of aryl methyl sites for hydroxylation is 2. The highest BCUT2D eigenvalue weighted by Crippen LogP contribution is 2.34. The van der Waals surface area contributed by atoms with Crippen molar-refractivity contribution < 1.29 is 4.79 Å². The lowest BCUT2D eigenvalue weighted by Crippen LogP contribution is -2.47. The topological polar surface area (TPSA) is 76.8 Å². The molecular formula is C19H22N6O. The van der Waals surface area contributed by atoms with Crippen LogP contribution in [0.1, 0.15) is 41.6 Å². The predicted octanol–water partition coefficient (Wildman–Crippen LogP) is 2.26. The Morgan fingerprint density at radius 2 is 2.12 bits per heavy atom. The van der Waals surface area contributed by atoms with Gasteiger partial charge in [0, 0.05) is 43.3 Å². The van der Waals surface area contributed by atoms with Crippen molar-refractivity contribution in [2.45, 2.75) is 32.1 Å². The first-order chi connectivity index (χ1) is 12.5. The average molecular weight is 350 g/mol. The highest BCUT2D eigenvalue weighted by molar-refractivity contribution is 5.92. The number of aromatic nitrogens is 5. The minimum atomic E-state index is -0.192. The molecule has 1 atom stereocenters. The van der Waals surface area contributed by atoms with Crippen molar-refractivity contribution in [2.75, 3.05) is 13.1 Å². The van der Waals surface area contributed by atoms with Crippen molar-refractivity contribution in [3.05, 3.63) is 47.8 Å². The standard InChI is InChI=1S/C19H22N6O/c1-13-14-5-6-16(22-17(14)24(3)23-13)19(2)7-4-10-25(12-19)18(26)15-11-20-8-9-21-15/h5-6,8-9,11H,4,7,10,12H2,1-3H3/t19-/m0/s1. The Bertz CT molecular complexity index is 967. The molecule has 1 saturated heterocycles. The van der Waals surface area contributed by atoms with E-state index in [0.29, 0.717) is 12.2 Å². The fourth-order valence-electron chi connectivity index (χ4n) is 3.83. The highest BCUT2D eigenvalue weighted by atomic mass is 16.2. The molecule has 1 aliphatic rings. The van der Waals surface area contributed by atoms with E-state index in [4.69, 9.17) is 4.98 Å². The van der Waals surface area contributed by atoms with Gasteiger partial charge in [0.15, 0.2) is 5.65 Å². The van der Waals surface area contributed by atoms with E-state index in [1.165, 1.54) is 6.20 Å². The quantitative estimate of drug-likeness (QED) is 0.708. The van der Waals surface area contributed by atoms with Crippen LogP contribution in [0.4, 0.5) is 0 Å². The number of nitrogens with zero attached hydrogens (tertiary/aromatic N) is 6. The lowest BCUT2D eigenvalue weighted by molar-refractivity contribution is 0.0641. The lowest BCUT2D eigenvalue weighted by atomic mass is 9.78. The summed E-state index contributed by atoms with van der Waals surface area (Å²) in [6.07, 6.45) is 6.58. The molecule has 1 fully saturated rings. The molecule has 7 heteroatoms. The van der Waals surface area contributed by atoms with Crippen molar-refractivity contribution in [1.29, 1.82) is 0 Å². The number of carbonyl (C=O) groups excluding carboxylic acids is 1. The molecule has 4 heterocycles. The summed E-state index contributed by atoms with van der Waals surface area (Å²) in [6.45, 7) is 5.53. The largest absolute Gasteiger partial charge is 0.336 e. The van der Waals surface area contributed by atoms with E-state index in [-0.39, 0.29) is 11.3 Å². The van der Waals surface area contributed by atoms with Gasteiger partial charge in [0.1, 0.15) is 5.69 Å². The van der Waals surface area contributed by atoms with Crippen LogP contribution in [-0.4, -0.2) is 48.6 Å². The van der Waals surface area contributed by atoms with Crippen LogP contribution >= 0.6 is 0 Å². The Morgan fingerprint density at radius 1 is 1.27 bits per heavy atom. The third-order valence-electron chi connectivity index (χ3n) is 5.26. The second-order valence-electron chi connectivity index (χ2n) is 7.26. The minimum Gasteiger partial charge on any atom is -0.336 e. The Hall–Kier alpha value is -2.83. The third-order valence-corrected chi connectivity index (χ3v) is 5.26. The molecular weight excluding hydrogens is 328 g/mol. The second kappa shape index (κ2) is 6.16. The van der Waals surface area contributed by atoms with Gasteiger partial charge in [0.05, 0.1) is 17.6 Å². The van der Waals surface area contributed by atoms with Crippen LogP contribution in [0.3, 0.4) is 0 Å². The summed E-state index contributed by atoms with van der Waals surface area (Å²) in [6, 6.07) is 4.17. The third kappa shape index (κ3) is 2.73. The molecule has 134 valence electrons. The van der Waals surface area contributed by atoms with Gasteiger partial charge in [0.2, 0.25) is 0 Å². The summed E-state index contributed by atoms with van der Waals surface area (Å²) < 4.78 is 1.82. The Labute approximate surface area is 152 Å². The first-order valence-electron chi connectivity index (χ1n) is 8.84. The highest BCUT2D eigenvalue weighted by Gasteiger charge is 2.36. The molecule has 7 nitrogen and oxygen atoms in total. The zero-order valence-corrected chi connectivity index (χ0v) is 15.3. The van der Waals surface area contributed by atoms with Crippen molar-refractivity contribution in [3.63, 3.8) is 0 Å². The van der Waals surface area contributed by atoms with Crippen molar-refractivity contribution in [1.82, 2.24) is 29.6 Å². The number of likely N-dealkylation sites (tertiary alicyclic amines) is 1. The molecule has 3 aromatic heterocycles. The molecule has 0 N–H and O–H groups in total. The molecule has 1 aliphatic heterocycles. The van der Waals surface area contributed by atoms with E-state index < -0.39 is 0 Å². The van der Waals surface area contributed by atoms with Gasteiger partial charge in [-0.05, 0) is 31.9 Å². The Morgan fingerprint density at radius 3 is 2.88 bits per heavy atom. The van der Waals surface area contributed by atoms with E-state index in [1.54, 1.807) is 12.4 Å². The molecule has 0 bridgehead atoms. The van der Waals surface area contributed by atoms with Crippen molar-refractivity contribution in [2.24, 2.45) is 7.05 Å². The number of carbonyl (C=O) groups is 1. The summed E-state index contributed by atoms with van der Waals surface area (Å²) in [7, 11) is 1.92. The molecule has 3 aromatic rings. The van der Waals surface area contributed by atoms with Crippen LogP contribution in [0, 0.1) is 6.92 Å². The van der Waals surface area contributed by atoms with Crippen molar-refractivity contribution >= 4 is 16.9 Å². The van der Waals surface area contributed by atoms with Gasteiger partial charge in [-0.3, -0.25) is 14.5 Å². The first kappa shape index (κ1) is 16.6. The second-order valence-corrected chi connectivity index (χ2v) is 7.26.